The summed E-state index contributed by atoms with van der Waals surface area (Å²) in [7, 11) is 0. The highest BCUT2D eigenvalue weighted by Crippen LogP contribution is 2.32. The van der Waals surface area contributed by atoms with Crippen LogP contribution in [0.4, 0.5) is 4.39 Å². The van der Waals surface area contributed by atoms with Gasteiger partial charge in [-0.2, -0.15) is 0 Å². The van der Waals surface area contributed by atoms with E-state index in [1.165, 1.54) is 17.4 Å². The Kier molecular flexibility index (Phi) is 4.05. The lowest BCUT2D eigenvalue weighted by molar-refractivity contribution is 0.405. The SMILES string of the molecule is CCC(N)(Cc1ccc(Cl)s1)c1ccccc1F. The van der Waals surface area contributed by atoms with Crippen molar-refractivity contribution in [2.45, 2.75) is 25.3 Å². The molecule has 0 spiro atoms. The van der Waals surface area contributed by atoms with Gasteiger partial charge in [-0.05, 0) is 24.6 Å². The number of benzene rings is 1. The highest BCUT2D eigenvalue weighted by atomic mass is 35.5. The first-order valence-corrected chi connectivity index (χ1v) is 7.03. The van der Waals surface area contributed by atoms with Crippen LogP contribution < -0.4 is 5.73 Å². The van der Waals surface area contributed by atoms with E-state index in [-0.39, 0.29) is 5.82 Å². The van der Waals surface area contributed by atoms with Crippen LogP contribution in [0.25, 0.3) is 0 Å². The van der Waals surface area contributed by atoms with Gasteiger partial charge in [0, 0.05) is 22.4 Å². The first-order valence-electron chi connectivity index (χ1n) is 5.83. The summed E-state index contributed by atoms with van der Waals surface area (Å²) in [5, 5.41) is 0. The van der Waals surface area contributed by atoms with Crippen molar-refractivity contribution in [3.05, 3.63) is 57.0 Å². The van der Waals surface area contributed by atoms with Crippen LogP contribution in [0.2, 0.25) is 4.34 Å². The summed E-state index contributed by atoms with van der Waals surface area (Å²) in [5.41, 5.74) is 6.27. The van der Waals surface area contributed by atoms with Crippen LogP contribution in [0.5, 0.6) is 0 Å². The highest BCUT2D eigenvalue weighted by Gasteiger charge is 2.29. The van der Waals surface area contributed by atoms with Crippen LogP contribution in [0.15, 0.2) is 36.4 Å². The summed E-state index contributed by atoms with van der Waals surface area (Å²) >= 11 is 7.41. The summed E-state index contributed by atoms with van der Waals surface area (Å²) in [5.74, 6) is -0.246. The third-order valence-electron chi connectivity index (χ3n) is 3.16. The molecular weight excluding hydrogens is 269 g/mol. The largest absolute Gasteiger partial charge is 0.321 e. The Labute approximate surface area is 115 Å². The first kappa shape index (κ1) is 13.5. The second-order valence-electron chi connectivity index (χ2n) is 4.37. The van der Waals surface area contributed by atoms with Crippen LogP contribution in [-0.2, 0) is 12.0 Å². The zero-order chi connectivity index (χ0) is 13.2. The Bertz CT molecular complexity index is 540. The molecule has 0 bridgehead atoms. The van der Waals surface area contributed by atoms with E-state index in [0.717, 1.165) is 9.21 Å². The average molecular weight is 284 g/mol. The maximum absolute atomic E-state index is 13.9. The molecule has 96 valence electrons. The molecular formula is C14H15ClFNS. The van der Waals surface area contributed by atoms with Crippen molar-refractivity contribution in [1.82, 2.24) is 0 Å². The van der Waals surface area contributed by atoms with Gasteiger partial charge in [0.15, 0.2) is 0 Å². The second-order valence-corrected chi connectivity index (χ2v) is 6.17. The summed E-state index contributed by atoms with van der Waals surface area (Å²) < 4.78 is 14.6. The number of nitrogens with two attached hydrogens (primary N) is 1. The normalized spacial score (nSPS) is 14.4. The number of halogens is 2. The molecule has 1 aromatic heterocycles. The van der Waals surface area contributed by atoms with E-state index in [0.29, 0.717) is 18.4 Å². The molecule has 1 aromatic carbocycles. The van der Waals surface area contributed by atoms with Gasteiger partial charge in [0.25, 0.3) is 0 Å². The Hall–Kier alpha value is -0.900. The van der Waals surface area contributed by atoms with Crippen molar-refractivity contribution in [3.63, 3.8) is 0 Å². The fourth-order valence-corrected chi connectivity index (χ4v) is 3.25. The minimum atomic E-state index is -0.681. The molecule has 0 aliphatic heterocycles. The lowest BCUT2D eigenvalue weighted by atomic mass is 9.84. The Morgan fingerprint density at radius 1 is 1.28 bits per heavy atom. The van der Waals surface area contributed by atoms with Gasteiger partial charge in [0.05, 0.1) is 4.34 Å². The third-order valence-corrected chi connectivity index (χ3v) is 4.39. The molecule has 2 aromatic rings. The molecule has 0 radical (unpaired) electrons. The Morgan fingerprint density at radius 2 is 2.00 bits per heavy atom. The minimum absolute atomic E-state index is 0.246. The molecule has 4 heteroatoms. The summed E-state index contributed by atoms with van der Waals surface area (Å²) in [6.45, 7) is 1.97. The van der Waals surface area contributed by atoms with Gasteiger partial charge in [0.1, 0.15) is 5.82 Å². The zero-order valence-electron chi connectivity index (χ0n) is 10.1. The molecule has 0 amide bonds. The van der Waals surface area contributed by atoms with Gasteiger partial charge < -0.3 is 5.73 Å². The van der Waals surface area contributed by atoms with Gasteiger partial charge in [-0.1, -0.05) is 36.7 Å². The summed E-state index contributed by atoms with van der Waals surface area (Å²) in [6.07, 6.45) is 1.27. The topological polar surface area (TPSA) is 26.0 Å². The standard InChI is InChI=1S/C14H15ClFNS/c1-2-14(17,9-10-7-8-13(15)18-10)11-5-3-4-6-12(11)16/h3-8H,2,9,17H2,1H3. The molecule has 0 fully saturated rings. The monoisotopic (exact) mass is 283 g/mol. The average Bonchev–Trinajstić information content (AvgIpc) is 2.75. The predicted molar refractivity (Wildman–Crippen MR) is 75.6 cm³/mol. The molecule has 1 nitrogen and oxygen atoms in total. The molecule has 0 aliphatic carbocycles. The quantitative estimate of drug-likeness (QED) is 0.887. The molecule has 0 saturated heterocycles. The highest BCUT2D eigenvalue weighted by molar-refractivity contribution is 7.16. The zero-order valence-corrected chi connectivity index (χ0v) is 11.7. The molecule has 18 heavy (non-hydrogen) atoms. The molecule has 1 atom stereocenters. The maximum atomic E-state index is 13.9. The van der Waals surface area contributed by atoms with Crippen molar-refractivity contribution in [2.75, 3.05) is 0 Å². The fourth-order valence-electron chi connectivity index (χ4n) is 2.03. The first-order chi connectivity index (χ1) is 8.55. The van der Waals surface area contributed by atoms with Crippen molar-refractivity contribution in [1.29, 1.82) is 0 Å². The molecule has 0 aliphatic rings. The molecule has 2 rings (SSSR count). The molecule has 1 heterocycles. The Balaban J connectivity index is 2.33. The minimum Gasteiger partial charge on any atom is -0.321 e. The molecule has 1 unspecified atom stereocenters. The lowest BCUT2D eigenvalue weighted by Gasteiger charge is -2.28. The van der Waals surface area contributed by atoms with Crippen molar-refractivity contribution < 1.29 is 4.39 Å². The van der Waals surface area contributed by atoms with E-state index in [2.05, 4.69) is 0 Å². The van der Waals surface area contributed by atoms with E-state index in [4.69, 9.17) is 17.3 Å². The number of thiophene rings is 1. The van der Waals surface area contributed by atoms with Crippen LogP contribution in [0.1, 0.15) is 23.8 Å². The lowest BCUT2D eigenvalue weighted by Crippen LogP contribution is -2.39. The van der Waals surface area contributed by atoms with Crippen molar-refractivity contribution in [3.8, 4) is 0 Å². The van der Waals surface area contributed by atoms with Crippen LogP contribution in [0, 0.1) is 5.82 Å². The third kappa shape index (κ3) is 2.74. The van der Waals surface area contributed by atoms with E-state index < -0.39 is 5.54 Å². The second kappa shape index (κ2) is 5.39. The Morgan fingerprint density at radius 3 is 2.56 bits per heavy atom. The maximum Gasteiger partial charge on any atom is 0.128 e. The van der Waals surface area contributed by atoms with Crippen LogP contribution in [0.3, 0.4) is 0 Å². The van der Waals surface area contributed by atoms with Crippen LogP contribution >= 0.6 is 22.9 Å². The van der Waals surface area contributed by atoms with Crippen molar-refractivity contribution in [2.24, 2.45) is 5.73 Å². The molecule has 2 N–H and O–H groups in total. The van der Waals surface area contributed by atoms with Gasteiger partial charge in [-0.15, -0.1) is 11.3 Å². The fraction of sp³-hybridized carbons (Fsp3) is 0.286. The van der Waals surface area contributed by atoms with Gasteiger partial charge >= 0.3 is 0 Å². The molecule has 0 saturated carbocycles. The van der Waals surface area contributed by atoms with E-state index >= 15 is 0 Å². The van der Waals surface area contributed by atoms with E-state index in [1.54, 1.807) is 12.1 Å². The number of rotatable bonds is 4. The summed E-state index contributed by atoms with van der Waals surface area (Å²) in [6, 6.07) is 10.5. The predicted octanol–water partition coefficient (Wildman–Crippen LogP) is 4.35. The number of hydrogen-bond donors (Lipinski definition) is 1. The van der Waals surface area contributed by atoms with Crippen LogP contribution in [-0.4, -0.2) is 0 Å². The van der Waals surface area contributed by atoms with Gasteiger partial charge in [0.2, 0.25) is 0 Å². The summed E-state index contributed by atoms with van der Waals surface area (Å²) in [4.78, 5) is 1.08. The van der Waals surface area contributed by atoms with E-state index in [9.17, 15) is 4.39 Å². The van der Waals surface area contributed by atoms with Gasteiger partial charge in [-0.25, -0.2) is 4.39 Å². The van der Waals surface area contributed by atoms with Crippen molar-refractivity contribution >= 4 is 22.9 Å². The number of hydrogen-bond acceptors (Lipinski definition) is 2. The smallest absolute Gasteiger partial charge is 0.128 e. The van der Waals surface area contributed by atoms with Gasteiger partial charge in [-0.3, -0.25) is 0 Å². The van der Waals surface area contributed by atoms with E-state index in [1.807, 2.05) is 25.1 Å².